The Hall–Kier alpha value is -1.96. The molecule has 2 aromatic carbocycles. The molecule has 0 fully saturated rings. The van der Waals surface area contributed by atoms with E-state index in [1.54, 1.807) is 0 Å². The van der Waals surface area contributed by atoms with Crippen LogP contribution in [0.1, 0.15) is 254 Å². The van der Waals surface area contributed by atoms with Crippen LogP contribution in [0.5, 0.6) is 11.5 Å². The normalized spacial score (nSPS) is 11.9. The van der Waals surface area contributed by atoms with Crippen molar-refractivity contribution in [3.63, 3.8) is 0 Å². The second-order valence-corrected chi connectivity index (χ2v) is 17.3. The Morgan fingerprint density at radius 2 is 0.585 bits per heavy atom. The number of benzene rings is 2. The van der Waals surface area contributed by atoms with Gasteiger partial charge in [-0.05, 0) is 134 Å². The van der Waals surface area contributed by atoms with Crippen LogP contribution in [0.2, 0.25) is 0 Å². The molecule has 0 aliphatic heterocycles. The second kappa shape index (κ2) is 27.6. The van der Waals surface area contributed by atoms with Gasteiger partial charge in [-0.3, -0.25) is 0 Å². The van der Waals surface area contributed by atoms with E-state index in [4.69, 9.17) is 0 Å². The lowest BCUT2D eigenvalue weighted by atomic mass is 9.66. The van der Waals surface area contributed by atoms with Gasteiger partial charge in [-0.2, -0.15) is 0 Å². The summed E-state index contributed by atoms with van der Waals surface area (Å²) >= 11 is 0. The average Bonchev–Trinajstić information content (AvgIpc) is 3.13. The molecule has 0 heterocycles. The summed E-state index contributed by atoms with van der Waals surface area (Å²) in [7, 11) is 0. The molecular weight excluding hydrogens is 645 g/mol. The number of phenolic OH excluding ortho intramolecular Hbond substituents is 2. The third-order valence-electron chi connectivity index (χ3n) is 12.2. The first-order valence-electron chi connectivity index (χ1n) is 23.5. The van der Waals surface area contributed by atoms with Crippen LogP contribution in [0.15, 0.2) is 12.1 Å². The summed E-state index contributed by atoms with van der Waals surface area (Å²) in [5, 5.41) is 23.9. The molecule has 2 N–H and O–H groups in total. The maximum Gasteiger partial charge on any atom is 0.119 e. The SMILES string of the molecule is CCCCCCc1cc(O)c(CCCCCC)c(CCCCCC)c1C(C)(C)c1c(CCCCCC)cc(O)c(CCCCCC)c1CCCCCC. The van der Waals surface area contributed by atoms with Gasteiger partial charge in [-0.15, -0.1) is 0 Å². The van der Waals surface area contributed by atoms with Crippen molar-refractivity contribution in [2.45, 2.75) is 253 Å². The summed E-state index contributed by atoms with van der Waals surface area (Å²) in [6.07, 6.45) is 35.6. The van der Waals surface area contributed by atoms with Gasteiger partial charge < -0.3 is 10.2 Å². The predicted octanol–water partition coefficient (Wildman–Crippen LogP) is 16.2. The molecule has 2 heteroatoms. The van der Waals surface area contributed by atoms with Crippen LogP contribution in [0.4, 0.5) is 0 Å². The fourth-order valence-electron chi connectivity index (χ4n) is 9.23. The molecule has 0 aliphatic rings. The molecule has 0 bridgehead atoms. The van der Waals surface area contributed by atoms with E-state index in [2.05, 4.69) is 67.5 Å². The van der Waals surface area contributed by atoms with Gasteiger partial charge in [0.05, 0.1) is 0 Å². The van der Waals surface area contributed by atoms with Crippen molar-refractivity contribution < 1.29 is 10.2 Å². The molecule has 2 rings (SSSR count). The summed E-state index contributed by atoms with van der Waals surface area (Å²) < 4.78 is 0. The maximum atomic E-state index is 11.9. The first kappa shape index (κ1) is 47.2. The van der Waals surface area contributed by atoms with Crippen LogP contribution in [0.3, 0.4) is 0 Å². The fraction of sp³-hybridized carbons (Fsp3) is 0.765. The maximum absolute atomic E-state index is 11.9. The van der Waals surface area contributed by atoms with Gasteiger partial charge in [-0.25, -0.2) is 0 Å². The van der Waals surface area contributed by atoms with Crippen molar-refractivity contribution in [3.05, 3.63) is 56.6 Å². The molecule has 2 aromatic rings. The lowest BCUT2D eigenvalue weighted by Gasteiger charge is -2.37. The number of phenols is 2. The minimum atomic E-state index is -0.238. The summed E-state index contributed by atoms with van der Waals surface area (Å²) in [4.78, 5) is 0. The molecule has 0 radical (unpaired) electrons. The first-order valence-corrected chi connectivity index (χ1v) is 23.5. The molecule has 0 aliphatic carbocycles. The number of hydrogen-bond acceptors (Lipinski definition) is 2. The number of aromatic hydroxyl groups is 2. The van der Waals surface area contributed by atoms with E-state index in [0.29, 0.717) is 11.5 Å². The van der Waals surface area contributed by atoms with Crippen molar-refractivity contribution in [3.8, 4) is 11.5 Å². The number of unbranched alkanes of at least 4 members (excludes halogenated alkanes) is 18. The van der Waals surface area contributed by atoms with Gasteiger partial charge in [0.1, 0.15) is 11.5 Å². The number of rotatable bonds is 32. The van der Waals surface area contributed by atoms with Crippen molar-refractivity contribution in [1.29, 1.82) is 0 Å². The van der Waals surface area contributed by atoms with Gasteiger partial charge in [0, 0.05) is 5.41 Å². The van der Waals surface area contributed by atoms with E-state index in [0.717, 1.165) is 51.4 Å². The minimum Gasteiger partial charge on any atom is -0.508 e. The average molecular weight is 733 g/mol. The third kappa shape index (κ3) is 15.6. The lowest BCUT2D eigenvalue weighted by Crippen LogP contribution is -2.28. The van der Waals surface area contributed by atoms with E-state index < -0.39 is 0 Å². The fourth-order valence-corrected chi connectivity index (χ4v) is 9.23. The first-order chi connectivity index (χ1) is 25.7. The third-order valence-corrected chi connectivity index (χ3v) is 12.2. The van der Waals surface area contributed by atoms with Crippen LogP contribution in [-0.4, -0.2) is 10.2 Å². The van der Waals surface area contributed by atoms with E-state index in [-0.39, 0.29) is 5.41 Å². The monoisotopic (exact) mass is 733 g/mol. The highest BCUT2D eigenvalue weighted by atomic mass is 16.3. The summed E-state index contributed by atoms with van der Waals surface area (Å²) in [6, 6.07) is 4.45. The zero-order chi connectivity index (χ0) is 38.9. The molecule has 2 nitrogen and oxygen atoms in total. The molecule has 0 unspecified atom stereocenters. The van der Waals surface area contributed by atoms with E-state index in [9.17, 15) is 10.2 Å². The zero-order valence-electron chi connectivity index (χ0n) is 36.8. The van der Waals surface area contributed by atoms with Crippen molar-refractivity contribution in [2.24, 2.45) is 0 Å². The molecule has 0 aromatic heterocycles. The van der Waals surface area contributed by atoms with Crippen LogP contribution in [-0.2, 0) is 43.9 Å². The highest BCUT2D eigenvalue weighted by Crippen LogP contribution is 2.47. The molecule has 0 saturated carbocycles. The van der Waals surface area contributed by atoms with E-state index in [1.165, 1.54) is 186 Å². The van der Waals surface area contributed by atoms with E-state index in [1.807, 2.05) is 0 Å². The summed E-state index contributed by atoms with van der Waals surface area (Å²) in [5.41, 5.74) is 11.0. The van der Waals surface area contributed by atoms with Gasteiger partial charge in [-0.1, -0.05) is 171 Å². The number of aryl methyl sites for hydroxylation is 2. The van der Waals surface area contributed by atoms with Crippen molar-refractivity contribution in [2.75, 3.05) is 0 Å². The Morgan fingerprint density at radius 1 is 0.340 bits per heavy atom. The molecule has 53 heavy (non-hydrogen) atoms. The largest absolute Gasteiger partial charge is 0.508 e. The second-order valence-electron chi connectivity index (χ2n) is 17.3. The van der Waals surface area contributed by atoms with E-state index >= 15 is 0 Å². The number of hydrogen-bond donors (Lipinski definition) is 2. The van der Waals surface area contributed by atoms with Crippen molar-refractivity contribution >= 4 is 0 Å². The highest BCUT2D eigenvalue weighted by molar-refractivity contribution is 5.61. The van der Waals surface area contributed by atoms with Crippen LogP contribution in [0, 0.1) is 0 Å². The zero-order valence-corrected chi connectivity index (χ0v) is 36.8. The molecule has 0 amide bonds. The van der Waals surface area contributed by atoms with Gasteiger partial charge in [0.25, 0.3) is 0 Å². The standard InChI is InChI=1S/C51H88O2/c1-9-15-21-27-33-41-39-47(52)43(35-29-23-17-11-3)45(37-31-25-19-13-5)49(41)51(7,8)50-42(34-28-22-16-10-2)40-48(53)44(36-30-24-18-12-4)46(50)38-32-26-20-14-6/h39-40,52-53H,9-38H2,1-8H3. The Labute approximate surface area is 330 Å². The molecular formula is C51H88O2. The molecule has 0 spiro atoms. The van der Waals surface area contributed by atoms with Crippen LogP contribution < -0.4 is 0 Å². The Balaban J connectivity index is 3.00. The van der Waals surface area contributed by atoms with Crippen molar-refractivity contribution in [1.82, 2.24) is 0 Å². The molecule has 0 atom stereocenters. The Bertz CT molecular complexity index is 1160. The smallest absolute Gasteiger partial charge is 0.119 e. The summed E-state index contributed by atoms with van der Waals surface area (Å²) in [6.45, 7) is 18.9. The van der Waals surface area contributed by atoms with Gasteiger partial charge in [0.15, 0.2) is 0 Å². The van der Waals surface area contributed by atoms with Crippen LogP contribution >= 0.6 is 0 Å². The summed E-state index contributed by atoms with van der Waals surface area (Å²) in [5.74, 6) is 1.11. The Morgan fingerprint density at radius 3 is 0.849 bits per heavy atom. The predicted molar refractivity (Wildman–Crippen MR) is 235 cm³/mol. The topological polar surface area (TPSA) is 40.5 Å². The molecule has 0 saturated heterocycles. The molecule has 304 valence electrons. The lowest BCUT2D eigenvalue weighted by molar-refractivity contribution is 0.458. The van der Waals surface area contributed by atoms with Gasteiger partial charge >= 0.3 is 0 Å². The Kier molecular flexibility index (Phi) is 24.6. The highest BCUT2D eigenvalue weighted by Gasteiger charge is 2.36. The quantitative estimate of drug-likeness (QED) is 0.0735. The minimum absolute atomic E-state index is 0.238. The van der Waals surface area contributed by atoms with Crippen LogP contribution in [0.25, 0.3) is 0 Å². The van der Waals surface area contributed by atoms with Gasteiger partial charge in [0.2, 0.25) is 0 Å².